The Hall–Kier alpha value is -2.42. The molecule has 1 amide bonds. The molecule has 2 N–H and O–H groups in total. The van der Waals surface area contributed by atoms with Crippen LogP contribution in [0.25, 0.3) is 0 Å². The monoisotopic (exact) mass is 420 g/mol. The third kappa shape index (κ3) is 6.03. The quantitative estimate of drug-likeness (QED) is 0.651. The minimum atomic E-state index is -3.68. The molecule has 0 aliphatic heterocycles. The fraction of sp³-hybridized carbons (Fsp3) is 0.381. The summed E-state index contributed by atoms with van der Waals surface area (Å²) in [7, 11) is -0.590. The van der Waals surface area contributed by atoms with Crippen molar-refractivity contribution in [1.29, 1.82) is 0 Å². The number of methoxy groups -OCH3 is 2. The number of benzene rings is 2. The van der Waals surface area contributed by atoms with Crippen molar-refractivity contribution in [2.45, 2.75) is 37.8 Å². The highest BCUT2D eigenvalue weighted by molar-refractivity contribution is 7.89. The number of carbonyl (C=O) groups is 1. The van der Waals surface area contributed by atoms with Crippen molar-refractivity contribution in [1.82, 2.24) is 10.0 Å². The summed E-state index contributed by atoms with van der Waals surface area (Å²) in [6, 6.07) is 10.9. The van der Waals surface area contributed by atoms with E-state index in [0.717, 1.165) is 11.1 Å². The highest BCUT2D eigenvalue weighted by atomic mass is 32.2. The van der Waals surface area contributed by atoms with Crippen LogP contribution in [0.4, 0.5) is 0 Å². The Morgan fingerprint density at radius 1 is 1.07 bits per heavy atom. The van der Waals surface area contributed by atoms with Crippen LogP contribution in [0, 0.1) is 6.92 Å². The molecule has 2 aromatic rings. The molecule has 0 aliphatic carbocycles. The highest BCUT2D eigenvalue weighted by Crippen LogP contribution is 2.26. The van der Waals surface area contributed by atoms with Gasteiger partial charge in [-0.2, -0.15) is 0 Å². The van der Waals surface area contributed by atoms with Crippen molar-refractivity contribution in [2.24, 2.45) is 0 Å². The lowest BCUT2D eigenvalue weighted by Crippen LogP contribution is -2.35. The fourth-order valence-electron chi connectivity index (χ4n) is 2.95. The molecule has 2 atom stereocenters. The van der Waals surface area contributed by atoms with Crippen LogP contribution in [0.1, 0.15) is 41.4 Å². The largest absolute Gasteiger partial charge is 0.496 e. The van der Waals surface area contributed by atoms with E-state index in [1.807, 2.05) is 32.0 Å². The molecule has 2 aromatic carbocycles. The number of ether oxygens (including phenoxy) is 2. The van der Waals surface area contributed by atoms with Crippen LogP contribution in [0.15, 0.2) is 47.4 Å². The molecule has 0 bridgehead atoms. The van der Waals surface area contributed by atoms with E-state index in [-0.39, 0.29) is 29.5 Å². The number of rotatable bonds is 9. The summed E-state index contributed by atoms with van der Waals surface area (Å²) in [5.74, 6) is 0.395. The molecule has 0 spiro atoms. The molecule has 0 unspecified atom stereocenters. The standard InChI is InChI=1S/C21H28N2O5S/c1-14-6-11-20(28-5)19(12-14)16(3)22-21(24)17-7-9-18(10-8-17)29(25,26)23-15(2)13-27-4/h6-12,15-16,23H,13H2,1-5H3,(H,22,24)/t15-,16+/m0/s1. The van der Waals surface area contributed by atoms with Crippen molar-refractivity contribution < 1.29 is 22.7 Å². The van der Waals surface area contributed by atoms with Crippen LogP contribution in [-0.4, -0.2) is 41.2 Å². The van der Waals surface area contributed by atoms with Gasteiger partial charge in [0.2, 0.25) is 10.0 Å². The first-order chi connectivity index (χ1) is 13.7. The Morgan fingerprint density at radius 3 is 2.31 bits per heavy atom. The smallest absolute Gasteiger partial charge is 0.251 e. The second-order valence-corrected chi connectivity index (χ2v) is 8.66. The first-order valence-corrected chi connectivity index (χ1v) is 10.7. The van der Waals surface area contributed by atoms with Crippen molar-refractivity contribution in [3.8, 4) is 5.75 Å². The van der Waals surface area contributed by atoms with Gasteiger partial charge < -0.3 is 14.8 Å². The van der Waals surface area contributed by atoms with E-state index < -0.39 is 10.0 Å². The summed E-state index contributed by atoms with van der Waals surface area (Å²) in [6.07, 6.45) is 0. The van der Waals surface area contributed by atoms with Crippen LogP contribution < -0.4 is 14.8 Å². The van der Waals surface area contributed by atoms with Gasteiger partial charge in [0.1, 0.15) is 5.75 Å². The average molecular weight is 421 g/mol. The normalized spacial score (nSPS) is 13.6. The number of hydrogen-bond acceptors (Lipinski definition) is 5. The molecule has 158 valence electrons. The van der Waals surface area contributed by atoms with Crippen LogP contribution >= 0.6 is 0 Å². The van der Waals surface area contributed by atoms with E-state index in [1.165, 1.54) is 31.4 Å². The zero-order chi connectivity index (χ0) is 21.6. The van der Waals surface area contributed by atoms with Crippen LogP contribution in [-0.2, 0) is 14.8 Å². The molecule has 7 nitrogen and oxygen atoms in total. The molecule has 0 aliphatic rings. The van der Waals surface area contributed by atoms with E-state index >= 15 is 0 Å². The highest BCUT2D eigenvalue weighted by Gasteiger charge is 2.19. The van der Waals surface area contributed by atoms with Gasteiger partial charge in [0, 0.05) is 24.3 Å². The number of carbonyl (C=O) groups excluding carboxylic acids is 1. The van der Waals surface area contributed by atoms with Gasteiger partial charge in [-0.15, -0.1) is 0 Å². The Morgan fingerprint density at radius 2 is 1.72 bits per heavy atom. The molecule has 0 fully saturated rings. The van der Waals surface area contributed by atoms with E-state index in [9.17, 15) is 13.2 Å². The predicted molar refractivity (Wildman–Crippen MR) is 112 cm³/mol. The van der Waals surface area contributed by atoms with Crippen molar-refractivity contribution in [3.05, 3.63) is 59.2 Å². The van der Waals surface area contributed by atoms with E-state index in [2.05, 4.69) is 10.0 Å². The third-order valence-corrected chi connectivity index (χ3v) is 6.00. The first kappa shape index (κ1) is 22.9. The third-order valence-electron chi connectivity index (χ3n) is 4.40. The van der Waals surface area contributed by atoms with E-state index in [0.29, 0.717) is 11.3 Å². The Balaban J connectivity index is 2.12. The van der Waals surface area contributed by atoms with Crippen LogP contribution in [0.2, 0.25) is 0 Å². The lowest BCUT2D eigenvalue weighted by Gasteiger charge is -2.18. The van der Waals surface area contributed by atoms with Gasteiger partial charge in [0.25, 0.3) is 5.91 Å². The molecular weight excluding hydrogens is 392 g/mol. The van der Waals surface area contributed by atoms with Crippen molar-refractivity contribution in [2.75, 3.05) is 20.8 Å². The minimum absolute atomic E-state index is 0.0883. The van der Waals surface area contributed by atoms with Gasteiger partial charge in [-0.3, -0.25) is 4.79 Å². The van der Waals surface area contributed by atoms with Gasteiger partial charge in [0.15, 0.2) is 0 Å². The van der Waals surface area contributed by atoms with Gasteiger partial charge in [-0.05, 0) is 51.1 Å². The lowest BCUT2D eigenvalue weighted by molar-refractivity contribution is 0.0939. The maximum Gasteiger partial charge on any atom is 0.251 e. The second-order valence-electron chi connectivity index (χ2n) is 6.94. The molecule has 0 radical (unpaired) electrons. The topological polar surface area (TPSA) is 93.7 Å². The molecule has 0 saturated carbocycles. The van der Waals surface area contributed by atoms with Crippen molar-refractivity contribution >= 4 is 15.9 Å². The summed E-state index contributed by atoms with van der Waals surface area (Å²) in [4.78, 5) is 12.7. The Bertz CT molecular complexity index is 942. The number of sulfonamides is 1. The summed E-state index contributed by atoms with van der Waals surface area (Å²) in [5, 5.41) is 2.92. The summed E-state index contributed by atoms with van der Waals surface area (Å²) < 4.78 is 37.6. The SMILES string of the molecule is COC[C@H](C)NS(=O)(=O)c1ccc(C(=O)N[C@H](C)c2cc(C)ccc2OC)cc1. The lowest BCUT2D eigenvalue weighted by atomic mass is 10.0. The zero-order valence-electron chi connectivity index (χ0n) is 17.4. The minimum Gasteiger partial charge on any atom is -0.496 e. The van der Waals surface area contributed by atoms with Gasteiger partial charge >= 0.3 is 0 Å². The summed E-state index contributed by atoms with van der Waals surface area (Å²) in [6.45, 7) is 5.82. The average Bonchev–Trinajstić information content (AvgIpc) is 2.67. The Kier molecular flexibility index (Phi) is 7.78. The molecule has 0 aromatic heterocycles. The Labute approximate surface area is 172 Å². The summed E-state index contributed by atoms with van der Waals surface area (Å²) in [5.41, 5.74) is 2.30. The predicted octanol–water partition coefficient (Wildman–Crippen LogP) is 2.81. The van der Waals surface area contributed by atoms with E-state index in [4.69, 9.17) is 9.47 Å². The number of hydrogen-bond donors (Lipinski definition) is 2. The number of nitrogens with one attached hydrogen (secondary N) is 2. The maximum absolute atomic E-state index is 12.6. The van der Waals surface area contributed by atoms with Crippen LogP contribution in [0.5, 0.6) is 5.75 Å². The first-order valence-electron chi connectivity index (χ1n) is 9.24. The molecule has 0 saturated heterocycles. The second kappa shape index (κ2) is 9.87. The van der Waals surface area contributed by atoms with E-state index in [1.54, 1.807) is 14.0 Å². The zero-order valence-corrected chi connectivity index (χ0v) is 18.2. The van der Waals surface area contributed by atoms with Crippen molar-refractivity contribution in [3.63, 3.8) is 0 Å². The number of amides is 1. The van der Waals surface area contributed by atoms with Crippen LogP contribution in [0.3, 0.4) is 0 Å². The maximum atomic E-state index is 12.6. The molecule has 29 heavy (non-hydrogen) atoms. The molecular formula is C21H28N2O5S. The van der Waals surface area contributed by atoms with Gasteiger partial charge in [0.05, 0.1) is 24.7 Å². The molecule has 2 rings (SSSR count). The summed E-state index contributed by atoms with van der Waals surface area (Å²) >= 11 is 0. The number of aryl methyl sites for hydroxylation is 1. The fourth-order valence-corrected chi connectivity index (χ4v) is 4.18. The molecule has 0 heterocycles. The molecule has 8 heteroatoms. The van der Waals surface area contributed by atoms with Gasteiger partial charge in [-0.25, -0.2) is 13.1 Å². The van der Waals surface area contributed by atoms with Gasteiger partial charge in [-0.1, -0.05) is 17.7 Å².